The standard InChI is InChI=1S/C12H13NOS/c1-8(2)12-11(13-7-15-12)9-5-3-4-6-10(9)14/h3-8,14H,1-2H3. The molecule has 1 aromatic heterocycles. The number of nitrogens with zero attached hydrogens (tertiary/aromatic N) is 1. The van der Waals surface area contributed by atoms with Crippen molar-refractivity contribution in [3.05, 3.63) is 34.7 Å². The lowest BCUT2D eigenvalue weighted by Crippen LogP contribution is -1.88. The highest BCUT2D eigenvalue weighted by Gasteiger charge is 2.14. The molecule has 1 heterocycles. The number of para-hydroxylation sites is 1. The Kier molecular flexibility index (Phi) is 2.73. The minimum Gasteiger partial charge on any atom is -0.507 e. The fourth-order valence-electron chi connectivity index (χ4n) is 1.54. The van der Waals surface area contributed by atoms with Crippen molar-refractivity contribution >= 4 is 11.3 Å². The summed E-state index contributed by atoms with van der Waals surface area (Å²) in [6.45, 7) is 4.27. The van der Waals surface area contributed by atoms with E-state index in [1.54, 1.807) is 17.4 Å². The minimum absolute atomic E-state index is 0.297. The number of benzene rings is 1. The van der Waals surface area contributed by atoms with E-state index in [1.165, 1.54) is 4.88 Å². The first-order chi connectivity index (χ1) is 7.20. The smallest absolute Gasteiger partial charge is 0.125 e. The fraction of sp³-hybridized carbons (Fsp3) is 0.250. The van der Waals surface area contributed by atoms with Gasteiger partial charge in [0, 0.05) is 10.4 Å². The molecular weight excluding hydrogens is 206 g/mol. The molecule has 0 saturated carbocycles. The van der Waals surface area contributed by atoms with Gasteiger partial charge in [-0.2, -0.15) is 0 Å². The van der Waals surface area contributed by atoms with Gasteiger partial charge in [0.1, 0.15) is 5.75 Å². The molecule has 0 aliphatic carbocycles. The van der Waals surface area contributed by atoms with Crippen LogP contribution in [0.4, 0.5) is 0 Å². The molecule has 0 aliphatic heterocycles. The molecule has 0 saturated heterocycles. The van der Waals surface area contributed by atoms with Gasteiger partial charge in [-0.05, 0) is 18.1 Å². The second-order valence-corrected chi connectivity index (χ2v) is 4.62. The maximum absolute atomic E-state index is 9.75. The summed E-state index contributed by atoms with van der Waals surface area (Å²) in [4.78, 5) is 5.55. The molecule has 78 valence electrons. The quantitative estimate of drug-likeness (QED) is 0.836. The lowest BCUT2D eigenvalue weighted by molar-refractivity contribution is 0.477. The van der Waals surface area contributed by atoms with E-state index in [2.05, 4.69) is 18.8 Å². The van der Waals surface area contributed by atoms with Crippen LogP contribution in [-0.4, -0.2) is 10.1 Å². The van der Waals surface area contributed by atoms with E-state index in [9.17, 15) is 5.11 Å². The predicted molar refractivity (Wildman–Crippen MR) is 63.3 cm³/mol. The summed E-state index contributed by atoms with van der Waals surface area (Å²) in [6.07, 6.45) is 0. The van der Waals surface area contributed by atoms with Gasteiger partial charge in [0.25, 0.3) is 0 Å². The number of thiazole rings is 1. The summed E-state index contributed by atoms with van der Waals surface area (Å²) < 4.78 is 0. The van der Waals surface area contributed by atoms with Crippen molar-refractivity contribution in [1.29, 1.82) is 0 Å². The molecule has 15 heavy (non-hydrogen) atoms. The topological polar surface area (TPSA) is 33.1 Å². The van der Waals surface area contributed by atoms with E-state index in [4.69, 9.17) is 0 Å². The summed E-state index contributed by atoms with van der Waals surface area (Å²) in [5.41, 5.74) is 3.56. The van der Waals surface area contributed by atoms with Crippen molar-refractivity contribution in [3.63, 3.8) is 0 Å². The molecule has 0 fully saturated rings. The SMILES string of the molecule is CC(C)c1scnc1-c1ccccc1O. The average molecular weight is 219 g/mol. The van der Waals surface area contributed by atoms with Crippen LogP contribution in [0.3, 0.4) is 0 Å². The average Bonchev–Trinajstić information content (AvgIpc) is 2.67. The van der Waals surface area contributed by atoms with Gasteiger partial charge >= 0.3 is 0 Å². The molecule has 0 radical (unpaired) electrons. The fourth-order valence-corrected chi connectivity index (χ4v) is 2.36. The number of hydrogen-bond acceptors (Lipinski definition) is 3. The van der Waals surface area contributed by atoms with Crippen LogP contribution in [0.1, 0.15) is 24.6 Å². The van der Waals surface area contributed by atoms with Crippen LogP contribution in [-0.2, 0) is 0 Å². The van der Waals surface area contributed by atoms with Gasteiger partial charge in [-0.1, -0.05) is 26.0 Å². The molecule has 1 N–H and O–H groups in total. The molecule has 2 aromatic rings. The van der Waals surface area contributed by atoms with Gasteiger partial charge in [0.15, 0.2) is 0 Å². The molecule has 0 bridgehead atoms. The number of aromatic hydroxyl groups is 1. The molecule has 0 spiro atoms. The van der Waals surface area contributed by atoms with Gasteiger partial charge < -0.3 is 5.11 Å². The molecule has 2 nitrogen and oxygen atoms in total. The highest BCUT2D eigenvalue weighted by Crippen LogP contribution is 2.35. The molecule has 3 heteroatoms. The summed E-state index contributed by atoms with van der Waals surface area (Å²) in [5.74, 6) is 0.734. The van der Waals surface area contributed by atoms with Crippen molar-refractivity contribution in [2.45, 2.75) is 19.8 Å². The van der Waals surface area contributed by atoms with Crippen molar-refractivity contribution < 1.29 is 5.11 Å². The first-order valence-corrected chi connectivity index (χ1v) is 5.80. The normalized spacial score (nSPS) is 10.9. The van der Waals surface area contributed by atoms with Gasteiger partial charge in [-0.3, -0.25) is 0 Å². The van der Waals surface area contributed by atoms with Crippen LogP contribution in [0.5, 0.6) is 5.75 Å². The minimum atomic E-state index is 0.297. The molecular formula is C12H13NOS. The Hall–Kier alpha value is -1.35. The predicted octanol–water partition coefficient (Wildman–Crippen LogP) is 3.64. The van der Waals surface area contributed by atoms with E-state index >= 15 is 0 Å². The number of phenols is 1. The molecule has 0 amide bonds. The van der Waals surface area contributed by atoms with Crippen LogP contribution < -0.4 is 0 Å². The van der Waals surface area contributed by atoms with Gasteiger partial charge in [-0.15, -0.1) is 11.3 Å². The summed E-state index contributed by atoms with van der Waals surface area (Å²) >= 11 is 1.64. The van der Waals surface area contributed by atoms with E-state index in [-0.39, 0.29) is 0 Å². The lowest BCUT2D eigenvalue weighted by atomic mass is 10.0. The Bertz CT molecular complexity index is 462. The van der Waals surface area contributed by atoms with Crippen LogP contribution in [0.15, 0.2) is 29.8 Å². The van der Waals surface area contributed by atoms with Crippen LogP contribution in [0.2, 0.25) is 0 Å². The van der Waals surface area contributed by atoms with E-state index in [0.717, 1.165) is 11.3 Å². The second-order valence-electron chi connectivity index (χ2n) is 3.74. The van der Waals surface area contributed by atoms with Crippen molar-refractivity contribution in [3.8, 4) is 17.0 Å². The van der Waals surface area contributed by atoms with Gasteiger partial charge in [0.05, 0.1) is 11.2 Å². The Morgan fingerprint density at radius 3 is 2.67 bits per heavy atom. The zero-order valence-corrected chi connectivity index (χ0v) is 9.58. The first kappa shape index (κ1) is 10.2. The first-order valence-electron chi connectivity index (χ1n) is 4.92. The summed E-state index contributed by atoms with van der Waals surface area (Å²) in [5, 5.41) is 9.75. The lowest BCUT2D eigenvalue weighted by Gasteiger charge is -2.06. The highest BCUT2D eigenvalue weighted by atomic mass is 32.1. The Morgan fingerprint density at radius 2 is 2.00 bits per heavy atom. The Morgan fingerprint density at radius 1 is 1.27 bits per heavy atom. The molecule has 0 atom stereocenters. The van der Waals surface area contributed by atoms with Crippen molar-refractivity contribution in [2.75, 3.05) is 0 Å². The highest BCUT2D eigenvalue weighted by molar-refractivity contribution is 7.10. The van der Waals surface area contributed by atoms with E-state index < -0.39 is 0 Å². The number of hydrogen-bond donors (Lipinski definition) is 1. The van der Waals surface area contributed by atoms with Crippen LogP contribution in [0.25, 0.3) is 11.3 Å². The zero-order valence-electron chi connectivity index (χ0n) is 8.77. The van der Waals surface area contributed by atoms with E-state index in [0.29, 0.717) is 11.7 Å². The number of aromatic nitrogens is 1. The maximum atomic E-state index is 9.75. The third-order valence-electron chi connectivity index (χ3n) is 2.28. The van der Waals surface area contributed by atoms with Gasteiger partial charge in [-0.25, -0.2) is 4.98 Å². The third kappa shape index (κ3) is 1.88. The van der Waals surface area contributed by atoms with Crippen molar-refractivity contribution in [2.24, 2.45) is 0 Å². The molecule has 0 aliphatic rings. The zero-order chi connectivity index (χ0) is 10.8. The monoisotopic (exact) mass is 219 g/mol. The summed E-state index contributed by atoms with van der Waals surface area (Å²) in [6, 6.07) is 7.33. The molecule has 1 aromatic carbocycles. The van der Waals surface area contributed by atoms with Gasteiger partial charge in [0.2, 0.25) is 0 Å². The van der Waals surface area contributed by atoms with E-state index in [1.807, 2.05) is 23.7 Å². The molecule has 2 rings (SSSR count). The second kappa shape index (κ2) is 4.03. The molecule has 0 unspecified atom stereocenters. The van der Waals surface area contributed by atoms with Crippen molar-refractivity contribution in [1.82, 2.24) is 4.98 Å². The third-order valence-corrected chi connectivity index (χ3v) is 3.41. The summed E-state index contributed by atoms with van der Waals surface area (Å²) in [7, 11) is 0. The number of rotatable bonds is 2. The largest absolute Gasteiger partial charge is 0.507 e. The van der Waals surface area contributed by atoms with Crippen LogP contribution >= 0.6 is 11.3 Å². The van der Waals surface area contributed by atoms with Crippen LogP contribution in [0, 0.1) is 0 Å². The Balaban J connectivity index is 2.55. The Labute approximate surface area is 93.2 Å². The maximum Gasteiger partial charge on any atom is 0.125 e. The number of phenolic OH excluding ortho intramolecular Hbond substituents is 1.